The van der Waals surface area contributed by atoms with Crippen molar-refractivity contribution in [3.05, 3.63) is 40.2 Å². The molecule has 0 atom stereocenters. The third kappa shape index (κ3) is 4.85. The molecule has 1 aromatic carbocycles. The summed E-state index contributed by atoms with van der Waals surface area (Å²) in [6, 6.07) is 4.92. The highest BCUT2D eigenvalue weighted by Gasteiger charge is 2.23. The second-order valence-corrected chi connectivity index (χ2v) is 7.27. The van der Waals surface area contributed by atoms with E-state index in [9.17, 15) is 9.59 Å². The van der Waals surface area contributed by atoms with Crippen LogP contribution in [0.3, 0.4) is 0 Å². The Kier molecular flexibility index (Phi) is 6.08. The summed E-state index contributed by atoms with van der Waals surface area (Å²) in [6.07, 6.45) is 0.439. The van der Waals surface area contributed by atoms with Crippen molar-refractivity contribution in [3.8, 4) is 11.1 Å². The number of carbonyl (C=O) groups is 2. The van der Waals surface area contributed by atoms with Crippen LogP contribution in [0.15, 0.2) is 22.7 Å². The van der Waals surface area contributed by atoms with Crippen LogP contribution < -0.4 is 0 Å². The molecule has 0 aliphatic rings. The molecule has 0 aliphatic heterocycles. The SMILES string of the molecule is COC(=O)c1cc(Cl)ccc1-c1c(C)noc1CCC(=O)OC(C)(C)C. The Hall–Kier alpha value is -2.34. The van der Waals surface area contributed by atoms with Gasteiger partial charge >= 0.3 is 11.9 Å². The largest absolute Gasteiger partial charge is 0.465 e. The van der Waals surface area contributed by atoms with Gasteiger partial charge in [0.25, 0.3) is 0 Å². The van der Waals surface area contributed by atoms with Gasteiger partial charge in [0, 0.05) is 22.6 Å². The summed E-state index contributed by atoms with van der Waals surface area (Å²) in [5, 5.41) is 4.40. The molecule has 6 nitrogen and oxygen atoms in total. The molecule has 0 saturated heterocycles. The van der Waals surface area contributed by atoms with Crippen molar-refractivity contribution in [2.45, 2.75) is 46.1 Å². The van der Waals surface area contributed by atoms with Crippen LogP contribution >= 0.6 is 11.6 Å². The molecular weight excluding hydrogens is 358 g/mol. The molecule has 0 bridgehead atoms. The van der Waals surface area contributed by atoms with Gasteiger partial charge in [-0.25, -0.2) is 4.79 Å². The number of esters is 2. The topological polar surface area (TPSA) is 78.6 Å². The summed E-state index contributed by atoms with van der Waals surface area (Å²) >= 11 is 6.02. The second kappa shape index (κ2) is 7.91. The number of benzene rings is 1. The number of methoxy groups -OCH3 is 1. The van der Waals surface area contributed by atoms with Gasteiger partial charge in [-0.05, 0) is 39.8 Å². The van der Waals surface area contributed by atoms with Crippen LogP contribution in [0, 0.1) is 6.92 Å². The molecule has 1 aromatic heterocycles. The number of hydrogen-bond acceptors (Lipinski definition) is 6. The van der Waals surface area contributed by atoms with Crippen molar-refractivity contribution in [2.75, 3.05) is 7.11 Å². The average Bonchev–Trinajstić information content (AvgIpc) is 2.91. The van der Waals surface area contributed by atoms with E-state index >= 15 is 0 Å². The lowest BCUT2D eigenvalue weighted by atomic mass is 9.96. The fraction of sp³-hybridized carbons (Fsp3) is 0.421. The first-order valence-electron chi connectivity index (χ1n) is 8.17. The molecule has 0 aliphatic carbocycles. The molecule has 0 N–H and O–H groups in total. The highest BCUT2D eigenvalue weighted by atomic mass is 35.5. The number of ether oxygens (including phenoxy) is 2. The molecule has 1 heterocycles. The van der Waals surface area contributed by atoms with Crippen LogP contribution in [0.4, 0.5) is 0 Å². The molecule has 2 aromatic rings. The second-order valence-electron chi connectivity index (χ2n) is 6.83. The van der Waals surface area contributed by atoms with E-state index in [2.05, 4.69) is 5.16 Å². The lowest BCUT2D eigenvalue weighted by Gasteiger charge is -2.19. The van der Waals surface area contributed by atoms with E-state index in [-0.39, 0.29) is 12.4 Å². The van der Waals surface area contributed by atoms with Gasteiger partial charge in [0.2, 0.25) is 0 Å². The van der Waals surface area contributed by atoms with Gasteiger partial charge in [-0.2, -0.15) is 0 Å². The zero-order valence-electron chi connectivity index (χ0n) is 15.5. The maximum absolute atomic E-state index is 12.1. The number of aryl methyl sites for hydroxylation is 2. The summed E-state index contributed by atoms with van der Waals surface area (Å²) in [6.45, 7) is 7.20. The molecule has 0 saturated carbocycles. The molecule has 0 fully saturated rings. The van der Waals surface area contributed by atoms with Crippen molar-refractivity contribution < 1.29 is 23.6 Å². The Bertz CT molecular complexity index is 820. The van der Waals surface area contributed by atoms with E-state index in [0.29, 0.717) is 39.6 Å². The van der Waals surface area contributed by atoms with Crippen LogP contribution in [0.25, 0.3) is 11.1 Å². The monoisotopic (exact) mass is 379 g/mol. The average molecular weight is 380 g/mol. The lowest BCUT2D eigenvalue weighted by molar-refractivity contribution is -0.154. The van der Waals surface area contributed by atoms with Crippen molar-refractivity contribution in [3.63, 3.8) is 0 Å². The van der Waals surface area contributed by atoms with Gasteiger partial charge in [-0.3, -0.25) is 4.79 Å². The number of carbonyl (C=O) groups excluding carboxylic acids is 2. The van der Waals surface area contributed by atoms with Gasteiger partial charge in [0.1, 0.15) is 11.4 Å². The van der Waals surface area contributed by atoms with Crippen molar-refractivity contribution >= 4 is 23.5 Å². The number of aromatic nitrogens is 1. The number of nitrogens with zero attached hydrogens (tertiary/aromatic N) is 1. The summed E-state index contributed by atoms with van der Waals surface area (Å²) < 4.78 is 15.5. The zero-order chi connectivity index (χ0) is 19.5. The van der Waals surface area contributed by atoms with Crippen molar-refractivity contribution in [2.24, 2.45) is 0 Å². The van der Waals surface area contributed by atoms with Gasteiger partial charge in [-0.1, -0.05) is 22.8 Å². The molecule has 2 rings (SSSR count). The molecule has 0 radical (unpaired) electrons. The van der Waals surface area contributed by atoms with Gasteiger partial charge in [0.15, 0.2) is 0 Å². The highest BCUT2D eigenvalue weighted by Crippen LogP contribution is 2.33. The third-order valence-corrected chi connectivity index (χ3v) is 3.80. The molecule has 26 heavy (non-hydrogen) atoms. The van der Waals surface area contributed by atoms with Gasteiger partial charge in [-0.15, -0.1) is 0 Å². The van der Waals surface area contributed by atoms with Gasteiger partial charge < -0.3 is 14.0 Å². The fourth-order valence-corrected chi connectivity index (χ4v) is 2.73. The smallest absolute Gasteiger partial charge is 0.338 e. The van der Waals surface area contributed by atoms with Crippen LogP contribution in [0.2, 0.25) is 5.02 Å². The first kappa shape index (κ1) is 20.0. The lowest BCUT2D eigenvalue weighted by Crippen LogP contribution is -2.24. The van der Waals surface area contributed by atoms with E-state index in [1.54, 1.807) is 19.1 Å². The summed E-state index contributed by atoms with van der Waals surface area (Å²) in [5.74, 6) is -0.344. The van der Waals surface area contributed by atoms with E-state index < -0.39 is 11.6 Å². The standard InChI is InChI=1S/C19H22ClNO5/c1-11-17(13-7-6-12(20)10-14(13)18(23)24-5)15(26-21-11)8-9-16(22)25-19(2,3)4/h6-7,10H,8-9H2,1-5H3. The first-order valence-corrected chi connectivity index (χ1v) is 8.55. The quantitative estimate of drug-likeness (QED) is 0.718. The Morgan fingerprint density at radius 1 is 1.27 bits per heavy atom. The minimum absolute atomic E-state index is 0.139. The van der Waals surface area contributed by atoms with E-state index in [4.69, 9.17) is 25.6 Å². The maximum Gasteiger partial charge on any atom is 0.338 e. The first-order chi connectivity index (χ1) is 12.1. The molecule has 140 valence electrons. The van der Waals surface area contributed by atoms with Crippen molar-refractivity contribution in [1.29, 1.82) is 0 Å². The molecule has 0 spiro atoms. The van der Waals surface area contributed by atoms with Gasteiger partial charge in [0.05, 0.1) is 24.8 Å². The Morgan fingerprint density at radius 2 is 1.96 bits per heavy atom. The normalized spacial score (nSPS) is 11.3. The Labute approximate surface area is 157 Å². The molecule has 0 unspecified atom stereocenters. The summed E-state index contributed by atoms with van der Waals surface area (Å²) in [4.78, 5) is 24.1. The number of halogens is 1. The minimum Gasteiger partial charge on any atom is -0.465 e. The van der Waals surface area contributed by atoms with E-state index in [1.807, 2.05) is 20.8 Å². The van der Waals surface area contributed by atoms with Crippen LogP contribution in [0.5, 0.6) is 0 Å². The predicted molar refractivity (Wildman–Crippen MR) is 97.2 cm³/mol. The fourth-order valence-electron chi connectivity index (χ4n) is 2.55. The minimum atomic E-state index is -0.550. The maximum atomic E-state index is 12.1. The number of hydrogen-bond donors (Lipinski definition) is 0. The predicted octanol–water partition coefficient (Wildman–Crippen LogP) is 4.36. The third-order valence-electron chi connectivity index (χ3n) is 3.57. The molecule has 0 amide bonds. The highest BCUT2D eigenvalue weighted by molar-refractivity contribution is 6.31. The summed E-state index contributed by atoms with van der Waals surface area (Å²) in [5.41, 5.74) is 1.62. The summed E-state index contributed by atoms with van der Waals surface area (Å²) in [7, 11) is 1.30. The molecular formula is C19H22ClNO5. The van der Waals surface area contributed by atoms with Crippen LogP contribution in [-0.4, -0.2) is 29.8 Å². The van der Waals surface area contributed by atoms with E-state index in [1.165, 1.54) is 13.2 Å². The van der Waals surface area contributed by atoms with E-state index in [0.717, 1.165) is 0 Å². The van der Waals surface area contributed by atoms with Crippen LogP contribution in [-0.2, 0) is 20.7 Å². The zero-order valence-corrected chi connectivity index (χ0v) is 16.3. The Balaban J connectivity index is 2.34. The molecule has 7 heteroatoms. The Morgan fingerprint density at radius 3 is 2.58 bits per heavy atom. The number of rotatable bonds is 5. The van der Waals surface area contributed by atoms with Crippen molar-refractivity contribution in [1.82, 2.24) is 5.16 Å². The van der Waals surface area contributed by atoms with Crippen LogP contribution in [0.1, 0.15) is 49.0 Å².